The molecule has 0 fully saturated rings. The minimum absolute atomic E-state index is 0.0524. The molecular weight excluding hydrogens is 324 g/mol. The van der Waals surface area contributed by atoms with Crippen molar-refractivity contribution in [1.82, 2.24) is 4.72 Å². The number of hydrogen-bond acceptors (Lipinski definition) is 4. The number of alkyl halides is 1. The molecule has 1 aromatic rings. The van der Waals surface area contributed by atoms with E-state index in [0.717, 1.165) is 5.33 Å². The maximum atomic E-state index is 11.6. The Labute approximate surface area is 114 Å². The molecule has 0 radical (unpaired) electrons. The van der Waals surface area contributed by atoms with E-state index in [-0.39, 0.29) is 11.4 Å². The summed E-state index contributed by atoms with van der Waals surface area (Å²) in [6.07, 6.45) is 0.708. The molecule has 0 heterocycles. The van der Waals surface area contributed by atoms with Crippen molar-refractivity contribution in [2.45, 2.75) is 12.2 Å². The Hall–Kier alpha value is -0.990. The number of nitro groups is 1. The van der Waals surface area contributed by atoms with E-state index in [1.165, 1.54) is 24.3 Å². The number of rotatable bonds is 7. The van der Waals surface area contributed by atoms with Crippen LogP contribution in [0.25, 0.3) is 0 Å². The Bertz CT molecular complexity index is 501. The smallest absolute Gasteiger partial charge is 0.258 e. The number of nitrogens with zero attached hydrogens (tertiary/aromatic N) is 1. The SMILES string of the molecule is O=[N+]([O-])c1ccc(CS(=O)(=O)NCCCBr)cc1. The summed E-state index contributed by atoms with van der Waals surface area (Å²) in [7, 11) is -3.38. The van der Waals surface area contributed by atoms with Crippen LogP contribution in [0.2, 0.25) is 0 Å². The molecule has 0 bridgehead atoms. The summed E-state index contributed by atoms with van der Waals surface area (Å²) in [6, 6.07) is 5.48. The van der Waals surface area contributed by atoms with Gasteiger partial charge in [-0.1, -0.05) is 28.1 Å². The van der Waals surface area contributed by atoms with Gasteiger partial charge in [-0.2, -0.15) is 0 Å². The zero-order valence-electron chi connectivity index (χ0n) is 9.50. The first-order chi connectivity index (χ1) is 8.44. The average Bonchev–Trinajstić information content (AvgIpc) is 2.29. The Morgan fingerprint density at radius 3 is 2.39 bits per heavy atom. The van der Waals surface area contributed by atoms with Gasteiger partial charge in [-0.15, -0.1) is 0 Å². The van der Waals surface area contributed by atoms with E-state index in [9.17, 15) is 18.5 Å². The number of halogens is 1. The fraction of sp³-hybridized carbons (Fsp3) is 0.400. The van der Waals surface area contributed by atoms with Gasteiger partial charge in [-0.25, -0.2) is 13.1 Å². The van der Waals surface area contributed by atoms with Crippen molar-refractivity contribution < 1.29 is 13.3 Å². The number of hydrogen-bond donors (Lipinski definition) is 1. The van der Waals surface area contributed by atoms with E-state index in [1.807, 2.05) is 0 Å². The Morgan fingerprint density at radius 2 is 1.89 bits per heavy atom. The summed E-state index contributed by atoms with van der Waals surface area (Å²) >= 11 is 3.21. The van der Waals surface area contributed by atoms with Crippen molar-refractivity contribution in [1.29, 1.82) is 0 Å². The fourth-order valence-electron chi connectivity index (χ4n) is 1.28. The second-order valence-corrected chi connectivity index (χ2v) is 6.22. The lowest BCUT2D eigenvalue weighted by atomic mass is 10.2. The maximum Gasteiger partial charge on any atom is 0.269 e. The van der Waals surface area contributed by atoms with Gasteiger partial charge in [0.25, 0.3) is 5.69 Å². The fourth-order valence-corrected chi connectivity index (χ4v) is 2.75. The standard InChI is InChI=1S/C10H13BrN2O4S/c11-6-1-7-12-18(16,17)8-9-2-4-10(5-3-9)13(14)15/h2-5,12H,1,6-8H2. The van der Waals surface area contributed by atoms with Crippen molar-refractivity contribution in [2.24, 2.45) is 0 Å². The molecule has 0 aliphatic rings. The van der Waals surface area contributed by atoms with Crippen LogP contribution in [0.15, 0.2) is 24.3 Å². The van der Waals surface area contributed by atoms with Gasteiger partial charge in [0, 0.05) is 24.0 Å². The van der Waals surface area contributed by atoms with E-state index in [0.29, 0.717) is 18.5 Å². The molecule has 0 aromatic heterocycles. The van der Waals surface area contributed by atoms with Gasteiger partial charge >= 0.3 is 0 Å². The summed E-state index contributed by atoms with van der Waals surface area (Å²) in [6.45, 7) is 0.376. The molecule has 0 spiro atoms. The van der Waals surface area contributed by atoms with Gasteiger partial charge in [-0.3, -0.25) is 10.1 Å². The summed E-state index contributed by atoms with van der Waals surface area (Å²) in [4.78, 5) is 9.92. The summed E-state index contributed by atoms with van der Waals surface area (Å²) in [5.74, 6) is -0.173. The highest BCUT2D eigenvalue weighted by atomic mass is 79.9. The normalized spacial score (nSPS) is 11.4. The first-order valence-electron chi connectivity index (χ1n) is 5.21. The molecule has 0 saturated heterocycles. The molecule has 0 saturated carbocycles. The summed E-state index contributed by atoms with van der Waals surface area (Å²) in [5, 5.41) is 11.2. The lowest BCUT2D eigenvalue weighted by Crippen LogP contribution is -2.26. The molecule has 1 N–H and O–H groups in total. The highest BCUT2D eigenvalue weighted by molar-refractivity contribution is 9.09. The molecule has 1 aromatic carbocycles. The molecule has 0 unspecified atom stereocenters. The lowest BCUT2D eigenvalue weighted by molar-refractivity contribution is -0.384. The third-order valence-electron chi connectivity index (χ3n) is 2.14. The summed E-state index contributed by atoms with van der Waals surface area (Å²) < 4.78 is 25.7. The van der Waals surface area contributed by atoms with Crippen molar-refractivity contribution in [3.63, 3.8) is 0 Å². The molecule has 100 valence electrons. The highest BCUT2D eigenvalue weighted by Crippen LogP contribution is 2.13. The van der Waals surface area contributed by atoms with Gasteiger partial charge in [0.15, 0.2) is 0 Å². The Morgan fingerprint density at radius 1 is 1.28 bits per heavy atom. The lowest BCUT2D eigenvalue weighted by Gasteiger charge is -2.05. The third-order valence-corrected chi connectivity index (χ3v) is 4.05. The number of benzene rings is 1. The topological polar surface area (TPSA) is 89.3 Å². The predicted octanol–water partition coefficient (Wildman–Crippen LogP) is 1.80. The zero-order valence-corrected chi connectivity index (χ0v) is 11.9. The minimum atomic E-state index is -3.38. The number of sulfonamides is 1. The van der Waals surface area contributed by atoms with Crippen LogP contribution in [0.5, 0.6) is 0 Å². The average molecular weight is 337 g/mol. The van der Waals surface area contributed by atoms with E-state index >= 15 is 0 Å². The van der Waals surface area contributed by atoms with E-state index in [2.05, 4.69) is 20.7 Å². The number of non-ortho nitro benzene ring substituents is 1. The highest BCUT2D eigenvalue weighted by Gasteiger charge is 2.12. The molecule has 0 atom stereocenters. The van der Waals surface area contributed by atoms with Crippen LogP contribution < -0.4 is 4.72 Å². The van der Waals surface area contributed by atoms with Crippen LogP contribution in [0.4, 0.5) is 5.69 Å². The monoisotopic (exact) mass is 336 g/mol. The van der Waals surface area contributed by atoms with Crippen LogP contribution in [0.3, 0.4) is 0 Å². The third kappa shape index (κ3) is 5.11. The largest absolute Gasteiger partial charge is 0.269 e. The molecule has 0 aliphatic heterocycles. The maximum absolute atomic E-state index is 11.6. The first kappa shape index (κ1) is 15.1. The Balaban J connectivity index is 2.63. The van der Waals surface area contributed by atoms with Gasteiger partial charge < -0.3 is 0 Å². The molecule has 6 nitrogen and oxygen atoms in total. The van der Waals surface area contributed by atoms with E-state index < -0.39 is 14.9 Å². The second-order valence-electron chi connectivity index (χ2n) is 3.62. The van der Waals surface area contributed by atoms with Crippen molar-refractivity contribution in [3.8, 4) is 0 Å². The van der Waals surface area contributed by atoms with Crippen LogP contribution in [-0.4, -0.2) is 25.2 Å². The molecule has 1 rings (SSSR count). The molecular formula is C10H13BrN2O4S. The number of nitrogens with one attached hydrogen (secondary N) is 1. The first-order valence-corrected chi connectivity index (χ1v) is 7.98. The van der Waals surface area contributed by atoms with Gasteiger partial charge in [0.2, 0.25) is 10.0 Å². The predicted molar refractivity (Wildman–Crippen MR) is 72.1 cm³/mol. The zero-order chi connectivity index (χ0) is 13.6. The van der Waals surface area contributed by atoms with Crippen LogP contribution in [-0.2, 0) is 15.8 Å². The van der Waals surface area contributed by atoms with Crippen LogP contribution in [0.1, 0.15) is 12.0 Å². The van der Waals surface area contributed by atoms with E-state index in [1.54, 1.807) is 0 Å². The van der Waals surface area contributed by atoms with E-state index in [4.69, 9.17) is 0 Å². The molecule has 18 heavy (non-hydrogen) atoms. The second kappa shape index (κ2) is 6.81. The Kier molecular flexibility index (Phi) is 5.70. The van der Waals surface area contributed by atoms with Crippen LogP contribution in [0, 0.1) is 10.1 Å². The molecule has 8 heteroatoms. The molecule has 0 amide bonds. The molecule has 0 aliphatic carbocycles. The van der Waals surface area contributed by atoms with Gasteiger partial charge in [0.1, 0.15) is 0 Å². The summed E-state index contributed by atoms with van der Waals surface area (Å²) in [5.41, 5.74) is 0.468. The van der Waals surface area contributed by atoms with Crippen molar-refractivity contribution >= 4 is 31.6 Å². The van der Waals surface area contributed by atoms with Gasteiger partial charge in [-0.05, 0) is 12.0 Å². The van der Waals surface area contributed by atoms with Gasteiger partial charge in [0.05, 0.1) is 10.7 Å². The number of nitro benzene ring substituents is 1. The van der Waals surface area contributed by atoms with Crippen LogP contribution >= 0.6 is 15.9 Å². The quantitative estimate of drug-likeness (QED) is 0.356. The van der Waals surface area contributed by atoms with Crippen molar-refractivity contribution in [2.75, 3.05) is 11.9 Å². The van der Waals surface area contributed by atoms with Crippen molar-refractivity contribution in [3.05, 3.63) is 39.9 Å². The minimum Gasteiger partial charge on any atom is -0.258 e.